The van der Waals surface area contributed by atoms with E-state index in [9.17, 15) is 31.1 Å². The Morgan fingerprint density at radius 1 is 0.872 bits per heavy atom. The van der Waals surface area contributed by atoms with Crippen molar-refractivity contribution in [2.75, 3.05) is 4.90 Å². The highest BCUT2D eigenvalue weighted by Gasteiger charge is 2.42. The molecule has 2 aromatic heterocycles. The van der Waals surface area contributed by atoms with Gasteiger partial charge in [-0.1, -0.05) is 20.3 Å². The molecule has 14 heteroatoms. The van der Waals surface area contributed by atoms with Gasteiger partial charge in [0.15, 0.2) is 0 Å². The van der Waals surface area contributed by atoms with E-state index >= 15 is 0 Å². The normalized spacial score (nSPS) is 21.1. The number of nitrogens with zero attached hydrogens (tertiary/aromatic N) is 6. The van der Waals surface area contributed by atoms with E-state index < -0.39 is 29.5 Å². The summed E-state index contributed by atoms with van der Waals surface area (Å²) >= 11 is 0. The van der Waals surface area contributed by atoms with Crippen molar-refractivity contribution in [2.24, 2.45) is 7.05 Å². The molecule has 3 atom stereocenters. The standard InChI is InChI=1S/C33H40F6N6O2/c1-4-26-14-28(15-27(5-2)45(26)31(46)47-29-9-7-6-8-10-29)44(30-40-16-22(17-41-30)23-18-42-43(3)20-23)19-21-11-24(32(34,35)36)13-25(12-21)33(37,38)39/h11-13,16-18,20,26-29H,4-10,14-15,19H2,1-3H3/t26-,27+,28+. The van der Waals surface area contributed by atoms with Crippen LogP contribution in [-0.4, -0.2) is 55.0 Å². The first kappa shape index (κ1) is 34.5. The first-order valence-corrected chi connectivity index (χ1v) is 16.1. The van der Waals surface area contributed by atoms with Crippen molar-refractivity contribution >= 4 is 12.0 Å². The van der Waals surface area contributed by atoms with E-state index in [1.807, 2.05) is 13.8 Å². The Labute approximate surface area is 270 Å². The second kappa shape index (κ2) is 14.1. The van der Waals surface area contributed by atoms with Crippen LogP contribution in [0, 0.1) is 0 Å². The summed E-state index contributed by atoms with van der Waals surface area (Å²) in [4.78, 5) is 26.1. The van der Waals surface area contributed by atoms with Gasteiger partial charge in [0.1, 0.15) is 6.10 Å². The number of alkyl halides is 6. The van der Waals surface area contributed by atoms with Crippen molar-refractivity contribution in [3.05, 3.63) is 59.7 Å². The van der Waals surface area contributed by atoms with Gasteiger partial charge in [-0.2, -0.15) is 31.4 Å². The Morgan fingerprint density at radius 2 is 1.45 bits per heavy atom. The lowest BCUT2D eigenvalue weighted by atomic mass is 9.87. The lowest BCUT2D eigenvalue weighted by molar-refractivity contribution is -0.143. The highest BCUT2D eigenvalue weighted by atomic mass is 19.4. The van der Waals surface area contributed by atoms with E-state index in [0.29, 0.717) is 31.2 Å². The average molecular weight is 667 g/mol. The van der Waals surface area contributed by atoms with E-state index in [2.05, 4.69) is 15.1 Å². The molecule has 8 nitrogen and oxygen atoms in total. The number of halogens is 6. The molecule has 1 saturated heterocycles. The molecule has 0 bridgehead atoms. The molecule has 0 radical (unpaired) electrons. The van der Waals surface area contributed by atoms with Gasteiger partial charge in [-0.25, -0.2) is 14.8 Å². The number of aryl methyl sites for hydroxylation is 1. The molecule has 1 saturated carbocycles. The van der Waals surface area contributed by atoms with Crippen molar-refractivity contribution in [3.63, 3.8) is 0 Å². The van der Waals surface area contributed by atoms with Gasteiger partial charge in [0, 0.05) is 61.4 Å². The molecule has 0 unspecified atom stereocenters. The third kappa shape index (κ3) is 8.18. The zero-order chi connectivity index (χ0) is 33.9. The highest BCUT2D eigenvalue weighted by molar-refractivity contribution is 5.69. The highest BCUT2D eigenvalue weighted by Crippen LogP contribution is 2.38. The number of amides is 1. The number of likely N-dealkylation sites (tertiary alicyclic amines) is 1. The fourth-order valence-electron chi connectivity index (χ4n) is 6.77. The molecule has 3 aromatic rings. The first-order chi connectivity index (χ1) is 22.3. The molecule has 5 rings (SSSR count). The van der Waals surface area contributed by atoms with E-state index in [4.69, 9.17) is 4.74 Å². The second-order valence-electron chi connectivity index (χ2n) is 12.5. The summed E-state index contributed by atoms with van der Waals surface area (Å²) in [5.74, 6) is 0.163. The summed E-state index contributed by atoms with van der Waals surface area (Å²) in [5, 5.41) is 4.15. The minimum Gasteiger partial charge on any atom is -0.446 e. The Balaban J connectivity index is 1.50. The predicted molar refractivity (Wildman–Crippen MR) is 163 cm³/mol. The maximum absolute atomic E-state index is 13.8. The summed E-state index contributed by atoms with van der Waals surface area (Å²) in [7, 11) is 1.76. The SMILES string of the molecule is CC[C@@H]1C[C@H](N(Cc2cc(C(F)(F)F)cc(C(F)(F)F)c2)c2ncc(-c3cnn(C)c3)cn2)C[C@H](CC)N1C(=O)OC1CCCCC1. The molecule has 0 spiro atoms. The number of anilines is 1. The third-order valence-corrected chi connectivity index (χ3v) is 9.22. The van der Waals surface area contributed by atoms with Crippen LogP contribution in [0.3, 0.4) is 0 Å². The zero-order valence-corrected chi connectivity index (χ0v) is 26.7. The molecule has 256 valence electrons. The van der Waals surface area contributed by atoms with E-state index in [-0.39, 0.29) is 48.4 Å². The number of rotatable bonds is 8. The smallest absolute Gasteiger partial charge is 0.416 e. The van der Waals surface area contributed by atoms with Crippen molar-refractivity contribution in [3.8, 4) is 11.1 Å². The molecule has 3 heterocycles. The number of ether oxygens (including phenoxy) is 1. The number of carbonyl (C=O) groups is 1. The number of benzene rings is 1. The summed E-state index contributed by atoms with van der Waals surface area (Å²) in [6.07, 6.45) is 2.85. The van der Waals surface area contributed by atoms with Crippen molar-refractivity contribution in [2.45, 2.75) is 115 Å². The van der Waals surface area contributed by atoms with Gasteiger partial charge in [0.2, 0.25) is 5.95 Å². The molecule has 47 heavy (non-hydrogen) atoms. The van der Waals surface area contributed by atoms with Crippen LogP contribution < -0.4 is 4.90 Å². The van der Waals surface area contributed by atoms with E-state index in [1.165, 1.54) is 0 Å². The van der Waals surface area contributed by atoms with Crippen molar-refractivity contribution in [1.29, 1.82) is 0 Å². The summed E-state index contributed by atoms with van der Waals surface area (Å²) < 4.78 is 90.2. The van der Waals surface area contributed by atoms with Crippen LogP contribution in [0.2, 0.25) is 0 Å². The van der Waals surface area contributed by atoms with Crippen LogP contribution in [-0.2, 0) is 30.7 Å². The molecule has 1 amide bonds. The lowest BCUT2D eigenvalue weighted by Gasteiger charge is -2.47. The number of piperidine rings is 1. The van der Waals surface area contributed by atoms with Crippen LogP contribution in [0.1, 0.15) is 88.3 Å². The van der Waals surface area contributed by atoms with Crippen LogP contribution in [0.15, 0.2) is 43.0 Å². The Morgan fingerprint density at radius 3 is 1.94 bits per heavy atom. The van der Waals surface area contributed by atoms with Crippen LogP contribution in [0.5, 0.6) is 0 Å². The van der Waals surface area contributed by atoms with Crippen molar-refractivity contribution < 1.29 is 35.9 Å². The molecule has 1 aliphatic heterocycles. The maximum Gasteiger partial charge on any atom is 0.416 e. The van der Waals surface area contributed by atoms with Crippen LogP contribution in [0.4, 0.5) is 37.1 Å². The summed E-state index contributed by atoms with van der Waals surface area (Å²) in [6, 6.07) is 0.703. The quantitative estimate of drug-likeness (QED) is 0.225. The zero-order valence-electron chi connectivity index (χ0n) is 26.7. The van der Waals surface area contributed by atoms with Crippen LogP contribution in [0.25, 0.3) is 11.1 Å². The Bertz CT molecular complexity index is 1460. The van der Waals surface area contributed by atoms with Gasteiger partial charge >= 0.3 is 18.4 Å². The first-order valence-electron chi connectivity index (χ1n) is 16.1. The summed E-state index contributed by atoms with van der Waals surface area (Å²) in [6.45, 7) is 3.60. The number of hydrogen-bond acceptors (Lipinski definition) is 6. The molecule has 2 fully saturated rings. The van der Waals surface area contributed by atoms with Gasteiger partial charge in [0.05, 0.1) is 17.3 Å². The molecular formula is C33H40F6N6O2. The Kier molecular flexibility index (Phi) is 10.4. The average Bonchev–Trinajstić information content (AvgIpc) is 3.48. The molecule has 2 aliphatic rings. The number of carbonyl (C=O) groups excluding carboxylic acids is 1. The van der Waals surface area contributed by atoms with Gasteiger partial charge in [-0.05, 0) is 75.1 Å². The van der Waals surface area contributed by atoms with Gasteiger partial charge in [0.25, 0.3) is 0 Å². The number of hydrogen-bond donors (Lipinski definition) is 0. The van der Waals surface area contributed by atoms with Crippen LogP contribution >= 0.6 is 0 Å². The van der Waals surface area contributed by atoms with Crippen molar-refractivity contribution in [1.82, 2.24) is 24.6 Å². The molecule has 1 aromatic carbocycles. The third-order valence-electron chi connectivity index (χ3n) is 9.22. The second-order valence-corrected chi connectivity index (χ2v) is 12.5. The minimum absolute atomic E-state index is 0.129. The van der Waals surface area contributed by atoms with E-state index in [1.54, 1.807) is 46.3 Å². The maximum atomic E-state index is 13.8. The fraction of sp³-hybridized carbons (Fsp3) is 0.576. The number of aromatic nitrogens is 4. The minimum atomic E-state index is -4.98. The molecular weight excluding hydrogens is 626 g/mol. The Hall–Kier alpha value is -3.84. The summed E-state index contributed by atoms with van der Waals surface area (Å²) in [5.41, 5.74) is -1.53. The van der Waals surface area contributed by atoms with E-state index in [0.717, 1.165) is 49.8 Å². The van der Waals surface area contributed by atoms with Gasteiger partial charge < -0.3 is 14.5 Å². The van der Waals surface area contributed by atoms with Gasteiger partial charge in [-0.3, -0.25) is 4.68 Å². The molecule has 1 aliphatic carbocycles. The fourth-order valence-corrected chi connectivity index (χ4v) is 6.77. The predicted octanol–water partition coefficient (Wildman–Crippen LogP) is 8.41. The topological polar surface area (TPSA) is 76.4 Å². The monoisotopic (exact) mass is 666 g/mol. The van der Waals surface area contributed by atoms with Gasteiger partial charge in [-0.15, -0.1) is 0 Å². The largest absolute Gasteiger partial charge is 0.446 e. The molecule has 0 N–H and O–H groups in total. The lowest BCUT2D eigenvalue weighted by Crippen LogP contribution is -2.57.